The molecule has 11 heteroatoms. The molecule has 0 fully saturated rings. The summed E-state index contributed by atoms with van der Waals surface area (Å²) in [6.45, 7) is 4.98. The van der Waals surface area contributed by atoms with Gasteiger partial charge in [0.1, 0.15) is 18.3 Å². The van der Waals surface area contributed by atoms with Crippen molar-refractivity contribution in [1.82, 2.24) is 10.2 Å². The molecule has 0 spiro atoms. The highest BCUT2D eigenvalue weighted by atomic mass is 35.5. The van der Waals surface area contributed by atoms with Crippen LogP contribution in [0, 0.1) is 6.92 Å². The SMILES string of the molecule is CCNC(=O)[C@H](C)N(Cc1ccccc1Cl)C(=O)CN(c1ccc(OC)c(Cl)c1)S(=O)(=O)c1ccc(C)cc1. The average molecular weight is 593 g/mol. The van der Waals surface area contributed by atoms with Crippen LogP contribution in [0.2, 0.25) is 10.0 Å². The molecule has 2 amide bonds. The first-order chi connectivity index (χ1) is 18.5. The zero-order valence-corrected chi connectivity index (χ0v) is 24.5. The zero-order valence-electron chi connectivity index (χ0n) is 22.1. The van der Waals surface area contributed by atoms with Crippen molar-refractivity contribution in [2.45, 2.75) is 38.3 Å². The summed E-state index contributed by atoms with van der Waals surface area (Å²) >= 11 is 12.7. The van der Waals surface area contributed by atoms with Crippen molar-refractivity contribution in [2.24, 2.45) is 0 Å². The van der Waals surface area contributed by atoms with E-state index in [1.807, 2.05) is 6.92 Å². The van der Waals surface area contributed by atoms with Crippen LogP contribution in [0.3, 0.4) is 0 Å². The summed E-state index contributed by atoms with van der Waals surface area (Å²) in [6, 6.07) is 16.8. The maximum Gasteiger partial charge on any atom is 0.264 e. The number of carbonyl (C=O) groups is 2. The van der Waals surface area contributed by atoms with Crippen LogP contribution in [-0.4, -0.2) is 51.4 Å². The summed E-state index contributed by atoms with van der Waals surface area (Å²) in [4.78, 5) is 28.0. The van der Waals surface area contributed by atoms with Crippen LogP contribution < -0.4 is 14.4 Å². The van der Waals surface area contributed by atoms with Crippen molar-refractivity contribution < 1.29 is 22.7 Å². The van der Waals surface area contributed by atoms with E-state index in [1.54, 1.807) is 50.2 Å². The van der Waals surface area contributed by atoms with Crippen LogP contribution in [0.15, 0.2) is 71.6 Å². The number of methoxy groups -OCH3 is 1. The third kappa shape index (κ3) is 7.23. The Morgan fingerprint density at radius 1 is 1.00 bits per heavy atom. The van der Waals surface area contributed by atoms with Gasteiger partial charge in [-0.15, -0.1) is 0 Å². The molecule has 0 unspecified atom stereocenters. The fourth-order valence-electron chi connectivity index (χ4n) is 3.89. The Morgan fingerprint density at radius 3 is 2.26 bits per heavy atom. The first-order valence-electron chi connectivity index (χ1n) is 12.2. The maximum atomic E-state index is 13.9. The van der Waals surface area contributed by atoms with Gasteiger partial charge in [-0.2, -0.15) is 0 Å². The number of hydrogen-bond acceptors (Lipinski definition) is 5. The van der Waals surface area contributed by atoms with Gasteiger partial charge in [-0.3, -0.25) is 13.9 Å². The molecule has 0 aromatic heterocycles. The quantitative estimate of drug-likeness (QED) is 0.336. The summed E-state index contributed by atoms with van der Waals surface area (Å²) < 4.78 is 33.9. The third-order valence-electron chi connectivity index (χ3n) is 6.13. The van der Waals surface area contributed by atoms with Crippen LogP contribution in [0.1, 0.15) is 25.0 Å². The lowest BCUT2D eigenvalue weighted by Crippen LogP contribution is -2.51. The number of aryl methyl sites for hydroxylation is 1. The molecule has 3 aromatic rings. The molecule has 0 aliphatic rings. The normalized spacial score (nSPS) is 11.9. The predicted octanol–water partition coefficient (Wildman–Crippen LogP) is 5.06. The van der Waals surface area contributed by atoms with E-state index < -0.39 is 28.5 Å². The molecule has 3 aromatic carbocycles. The number of amides is 2. The van der Waals surface area contributed by atoms with Gasteiger partial charge >= 0.3 is 0 Å². The topological polar surface area (TPSA) is 96.0 Å². The molecule has 0 aliphatic carbocycles. The number of halogens is 2. The maximum absolute atomic E-state index is 13.9. The molecule has 8 nitrogen and oxygen atoms in total. The number of nitrogens with one attached hydrogen (secondary N) is 1. The van der Waals surface area contributed by atoms with Gasteiger partial charge in [0.2, 0.25) is 11.8 Å². The second-order valence-corrected chi connectivity index (χ2v) is 11.5. The molecular weight excluding hydrogens is 561 g/mol. The van der Waals surface area contributed by atoms with Gasteiger partial charge in [-0.05, 0) is 62.7 Å². The van der Waals surface area contributed by atoms with Gasteiger partial charge in [-0.1, -0.05) is 59.1 Å². The van der Waals surface area contributed by atoms with E-state index in [2.05, 4.69) is 5.32 Å². The van der Waals surface area contributed by atoms with E-state index in [1.165, 1.54) is 42.3 Å². The molecule has 208 valence electrons. The van der Waals surface area contributed by atoms with Gasteiger partial charge < -0.3 is 15.0 Å². The number of hydrogen-bond donors (Lipinski definition) is 1. The lowest BCUT2D eigenvalue weighted by atomic mass is 10.1. The first kappa shape index (κ1) is 30.3. The number of benzene rings is 3. The lowest BCUT2D eigenvalue weighted by Gasteiger charge is -2.32. The van der Waals surface area contributed by atoms with Crippen molar-refractivity contribution in [3.63, 3.8) is 0 Å². The van der Waals surface area contributed by atoms with Crippen LogP contribution >= 0.6 is 23.2 Å². The van der Waals surface area contributed by atoms with Crippen molar-refractivity contribution >= 4 is 50.7 Å². The van der Waals surface area contributed by atoms with Gasteiger partial charge in [0, 0.05) is 18.1 Å². The number of likely N-dealkylation sites (N-methyl/N-ethyl adjacent to an activating group) is 1. The number of ether oxygens (including phenoxy) is 1. The molecule has 1 N–H and O–H groups in total. The molecule has 0 saturated carbocycles. The standard InChI is InChI=1S/C28H31Cl2N3O5S/c1-5-31-28(35)20(3)32(17-21-8-6-7-9-24(21)29)27(34)18-33(22-12-15-26(38-4)25(30)16-22)39(36,37)23-13-10-19(2)11-14-23/h6-16,20H,5,17-18H2,1-4H3,(H,31,35)/t20-/m0/s1. The monoisotopic (exact) mass is 591 g/mol. The Morgan fingerprint density at radius 2 is 1.67 bits per heavy atom. The summed E-state index contributed by atoms with van der Waals surface area (Å²) in [5, 5.41) is 3.32. The van der Waals surface area contributed by atoms with E-state index in [0.29, 0.717) is 22.9 Å². The molecule has 0 saturated heterocycles. The van der Waals surface area contributed by atoms with Crippen molar-refractivity contribution in [1.29, 1.82) is 0 Å². The summed E-state index contributed by atoms with van der Waals surface area (Å²) in [5.74, 6) is -0.626. The minimum atomic E-state index is -4.21. The largest absolute Gasteiger partial charge is 0.495 e. The highest BCUT2D eigenvalue weighted by Crippen LogP contribution is 2.32. The molecule has 0 aliphatic heterocycles. The minimum Gasteiger partial charge on any atom is -0.495 e. The van der Waals surface area contributed by atoms with Crippen molar-refractivity contribution in [3.8, 4) is 5.75 Å². The Labute approximate surface area is 239 Å². The second-order valence-electron chi connectivity index (χ2n) is 8.83. The Kier molecular flexibility index (Phi) is 10.2. The second kappa shape index (κ2) is 13.2. The number of nitrogens with zero attached hydrogens (tertiary/aromatic N) is 2. The highest BCUT2D eigenvalue weighted by Gasteiger charge is 2.33. The van der Waals surface area contributed by atoms with E-state index in [4.69, 9.17) is 27.9 Å². The predicted molar refractivity (Wildman–Crippen MR) is 154 cm³/mol. The molecule has 1 atom stereocenters. The number of carbonyl (C=O) groups excluding carboxylic acids is 2. The Bertz CT molecular complexity index is 1430. The number of anilines is 1. The average Bonchev–Trinajstić information content (AvgIpc) is 2.91. The van der Waals surface area contributed by atoms with E-state index in [9.17, 15) is 18.0 Å². The fraction of sp³-hybridized carbons (Fsp3) is 0.286. The zero-order chi connectivity index (χ0) is 28.7. The molecule has 3 rings (SSSR count). The van der Waals surface area contributed by atoms with Crippen LogP contribution in [-0.2, 0) is 26.2 Å². The summed E-state index contributed by atoms with van der Waals surface area (Å²) in [6.07, 6.45) is 0. The van der Waals surface area contributed by atoms with Gasteiger partial charge in [0.15, 0.2) is 0 Å². The summed E-state index contributed by atoms with van der Waals surface area (Å²) in [5.41, 5.74) is 1.66. The summed E-state index contributed by atoms with van der Waals surface area (Å²) in [7, 11) is -2.77. The van der Waals surface area contributed by atoms with Crippen LogP contribution in [0.25, 0.3) is 0 Å². The van der Waals surface area contributed by atoms with E-state index in [0.717, 1.165) is 9.87 Å². The first-order valence-corrected chi connectivity index (χ1v) is 14.4. The lowest BCUT2D eigenvalue weighted by molar-refractivity contribution is -0.139. The number of sulfonamides is 1. The fourth-order valence-corrected chi connectivity index (χ4v) is 5.74. The molecule has 39 heavy (non-hydrogen) atoms. The van der Waals surface area contributed by atoms with Crippen molar-refractivity contribution in [3.05, 3.63) is 87.9 Å². The van der Waals surface area contributed by atoms with Crippen molar-refractivity contribution in [2.75, 3.05) is 24.5 Å². The van der Waals surface area contributed by atoms with Gasteiger partial charge in [-0.25, -0.2) is 8.42 Å². The van der Waals surface area contributed by atoms with Gasteiger partial charge in [0.25, 0.3) is 10.0 Å². The van der Waals surface area contributed by atoms with Gasteiger partial charge in [0.05, 0.1) is 22.7 Å². The number of rotatable bonds is 11. The van der Waals surface area contributed by atoms with E-state index in [-0.39, 0.29) is 28.1 Å². The Balaban J connectivity index is 2.08. The molecule has 0 radical (unpaired) electrons. The highest BCUT2D eigenvalue weighted by molar-refractivity contribution is 7.92. The Hall–Kier alpha value is -3.27. The van der Waals surface area contributed by atoms with Crippen LogP contribution in [0.4, 0.5) is 5.69 Å². The smallest absolute Gasteiger partial charge is 0.264 e. The van der Waals surface area contributed by atoms with Crippen LogP contribution in [0.5, 0.6) is 5.75 Å². The molecule has 0 heterocycles. The minimum absolute atomic E-state index is 0.00139. The molecular formula is C28H31Cl2N3O5S. The molecule has 0 bridgehead atoms. The van der Waals surface area contributed by atoms with E-state index >= 15 is 0 Å². The third-order valence-corrected chi connectivity index (χ3v) is 8.58.